The first-order chi connectivity index (χ1) is 8.81. The van der Waals surface area contributed by atoms with Crippen LogP contribution in [0.5, 0.6) is 5.75 Å². The number of nitrogens with one attached hydrogen (secondary N) is 2. The van der Waals surface area contributed by atoms with Crippen LogP contribution in [0.25, 0.3) is 0 Å². The minimum Gasteiger partial charge on any atom is -0.493 e. The van der Waals surface area contributed by atoms with Gasteiger partial charge in [0.2, 0.25) is 5.91 Å². The molecule has 0 atom stereocenters. The molecule has 0 radical (unpaired) electrons. The summed E-state index contributed by atoms with van der Waals surface area (Å²) in [5.74, 6) is 1.02. The lowest BCUT2D eigenvalue weighted by molar-refractivity contribution is -0.116. The first-order valence-electron chi connectivity index (χ1n) is 6.60. The zero-order valence-electron chi connectivity index (χ0n) is 10.4. The molecule has 1 aliphatic carbocycles. The maximum absolute atomic E-state index is 11.7. The van der Waals surface area contributed by atoms with Gasteiger partial charge in [-0.1, -0.05) is 0 Å². The summed E-state index contributed by atoms with van der Waals surface area (Å²) in [7, 11) is 0. The molecule has 2 aliphatic rings. The number of amides is 1. The Hall–Kier alpha value is -1.55. The minimum absolute atomic E-state index is 0.0713. The average Bonchev–Trinajstić information content (AvgIpc) is 3.06. The summed E-state index contributed by atoms with van der Waals surface area (Å²) in [5, 5.41) is 6.27. The second-order valence-electron chi connectivity index (χ2n) is 4.95. The molecule has 4 nitrogen and oxygen atoms in total. The lowest BCUT2D eigenvalue weighted by atomic mass is 10.1. The molecule has 1 heterocycles. The summed E-state index contributed by atoms with van der Waals surface area (Å²) in [6.07, 6.45) is 3.98. The summed E-state index contributed by atoms with van der Waals surface area (Å²) in [6.45, 7) is 1.52. The smallest absolute Gasteiger partial charge is 0.225 e. The molecule has 2 N–H and O–H groups in total. The van der Waals surface area contributed by atoms with Gasteiger partial charge in [0.25, 0.3) is 0 Å². The van der Waals surface area contributed by atoms with E-state index >= 15 is 0 Å². The first kappa shape index (κ1) is 11.5. The summed E-state index contributed by atoms with van der Waals surface area (Å²) in [6, 6.07) is 6.50. The van der Waals surface area contributed by atoms with Crippen molar-refractivity contribution >= 4 is 11.6 Å². The maximum atomic E-state index is 11.7. The lowest BCUT2D eigenvalue weighted by Gasteiger charge is -2.07. The summed E-state index contributed by atoms with van der Waals surface area (Å²) >= 11 is 0. The van der Waals surface area contributed by atoms with Gasteiger partial charge >= 0.3 is 0 Å². The number of rotatable bonds is 5. The molecule has 0 unspecified atom stereocenters. The van der Waals surface area contributed by atoms with Crippen molar-refractivity contribution in [1.29, 1.82) is 0 Å². The van der Waals surface area contributed by atoms with Gasteiger partial charge in [0.1, 0.15) is 5.75 Å². The van der Waals surface area contributed by atoms with E-state index in [0.717, 1.165) is 31.0 Å². The molecule has 0 spiro atoms. The standard InChI is InChI=1S/C14H18N2O2/c17-14(5-7-15-11-1-2-11)16-12-3-4-13-10(9-12)6-8-18-13/h3-4,9,11,15H,1-2,5-8H2,(H,16,17). The largest absolute Gasteiger partial charge is 0.493 e. The van der Waals surface area contributed by atoms with E-state index < -0.39 is 0 Å². The van der Waals surface area contributed by atoms with Crippen LogP contribution in [0.4, 0.5) is 5.69 Å². The molecule has 1 aliphatic heterocycles. The molecule has 18 heavy (non-hydrogen) atoms. The Morgan fingerprint density at radius 3 is 3.11 bits per heavy atom. The van der Waals surface area contributed by atoms with Gasteiger partial charge in [0, 0.05) is 31.1 Å². The van der Waals surface area contributed by atoms with E-state index in [1.807, 2.05) is 18.2 Å². The molecule has 3 rings (SSSR count). The van der Waals surface area contributed by atoms with Crippen molar-refractivity contribution < 1.29 is 9.53 Å². The van der Waals surface area contributed by atoms with Gasteiger partial charge in [-0.05, 0) is 36.6 Å². The highest BCUT2D eigenvalue weighted by molar-refractivity contribution is 5.91. The summed E-state index contributed by atoms with van der Waals surface area (Å²) < 4.78 is 5.43. The van der Waals surface area contributed by atoms with Gasteiger partial charge < -0.3 is 15.4 Å². The molecule has 1 saturated carbocycles. The Bertz CT molecular complexity index is 455. The monoisotopic (exact) mass is 246 g/mol. The highest BCUT2D eigenvalue weighted by atomic mass is 16.5. The van der Waals surface area contributed by atoms with Gasteiger partial charge in [0.05, 0.1) is 6.61 Å². The fourth-order valence-electron chi connectivity index (χ4n) is 2.17. The van der Waals surface area contributed by atoms with E-state index in [1.165, 1.54) is 18.4 Å². The Balaban J connectivity index is 1.50. The molecule has 1 aromatic carbocycles. The number of carbonyl (C=O) groups excluding carboxylic acids is 1. The number of hydrogen-bond acceptors (Lipinski definition) is 3. The van der Waals surface area contributed by atoms with Gasteiger partial charge in [-0.3, -0.25) is 4.79 Å². The average molecular weight is 246 g/mol. The normalized spacial score (nSPS) is 17.1. The second-order valence-corrected chi connectivity index (χ2v) is 4.95. The van der Waals surface area contributed by atoms with Crippen LogP contribution < -0.4 is 15.4 Å². The fourth-order valence-corrected chi connectivity index (χ4v) is 2.17. The zero-order chi connectivity index (χ0) is 12.4. The SMILES string of the molecule is O=C(CCNC1CC1)Nc1ccc2c(c1)CCO2. The van der Waals surface area contributed by atoms with Crippen molar-refractivity contribution in [3.63, 3.8) is 0 Å². The Labute approximate surface area is 107 Å². The molecule has 0 aromatic heterocycles. The van der Waals surface area contributed by atoms with Gasteiger partial charge in [0.15, 0.2) is 0 Å². The van der Waals surface area contributed by atoms with Crippen molar-refractivity contribution in [2.75, 3.05) is 18.5 Å². The van der Waals surface area contributed by atoms with Crippen LogP contribution >= 0.6 is 0 Å². The van der Waals surface area contributed by atoms with Crippen molar-refractivity contribution in [3.8, 4) is 5.75 Å². The predicted molar refractivity (Wildman–Crippen MR) is 69.9 cm³/mol. The third-order valence-electron chi connectivity index (χ3n) is 3.34. The van der Waals surface area contributed by atoms with Crippen LogP contribution in [0, 0.1) is 0 Å². The highest BCUT2D eigenvalue weighted by Gasteiger charge is 2.20. The van der Waals surface area contributed by atoms with Gasteiger partial charge in [-0.15, -0.1) is 0 Å². The van der Waals surface area contributed by atoms with E-state index in [9.17, 15) is 4.79 Å². The van der Waals surface area contributed by atoms with Crippen LogP contribution in [-0.2, 0) is 11.2 Å². The number of anilines is 1. The molecule has 1 aromatic rings. The summed E-state index contributed by atoms with van der Waals surface area (Å²) in [4.78, 5) is 11.7. The van der Waals surface area contributed by atoms with Crippen molar-refractivity contribution in [1.82, 2.24) is 5.32 Å². The van der Waals surface area contributed by atoms with Crippen LogP contribution in [0.3, 0.4) is 0 Å². The first-order valence-corrected chi connectivity index (χ1v) is 6.60. The Morgan fingerprint density at radius 2 is 2.28 bits per heavy atom. The summed E-state index contributed by atoms with van der Waals surface area (Å²) in [5.41, 5.74) is 2.06. The lowest BCUT2D eigenvalue weighted by Crippen LogP contribution is -2.23. The van der Waals surface area contributed by atoms with Crippen LogP contribution in [0.1, 0.15) is 24.8 Å². The third kappa shape index (κ3) is 2.82. The quantitative estimate of drug-likeness (QED) is 0.831. The second kappa shape index (κ2) is 4.98. The molecular formula is C14H18N2O2. The van der Waals surface area contributed by atoms with Crippen LogP contribution in [0.15, 0.2) is 18.2 Å². The van der Waals surface area contributed by atoms with Crippen LogP contribution in [0.2, 0.25) is 0 Å². The predicted octanol–water partition coefficient (Wildman–Crippen LogP) is 1.70. The topological polar surface area (TPSA) is 50.4 Å². The van der Waals surface area contributed by atoms with Crippen molar-refractivity contribution in [2.45, 2.75) is 31.7 Å². The van der Waals surface area contributed by atoms with Crippen LogP contribution in [-0.4, -0.2) is 25.1 Å². The Morgan fingerprint density at radius 1 is 1.39 bits per heavy atom. The molecule has 0 saturated heterocycles. The zero-order valence-corrected chi connectivity index (χ0v) is 10.4. The van der Waals surface area contributed by atoms with Gasteiger partial charge in [-0.2, -0.15) is 0 Å². The number of carbonyl (C=O) groups is 1. The molecule has 4 heteroatoms. The van der Waals surface area contributed by atoms with E-state index in [1.54, 1.807) is 0 Å². The molecule has 96 valence electrons. The fraction of sp³-hybridized carbons (Fsp3) is 0.500. The minimum atomic E-state index is 0.0713. The molecule has 1 amide bonds. The molecular weight excluding hydrogens is 228 g/mol. The highest BCUT2D eigenvalue weighted by Crippen LogP contribution is 2.27. The maximum Gasteiger partial charge on any atom is 0.225 e. The number of benzene rings is 1. The molecule has 1 fully saturated rings. The molecule has 0 bridgehead atoms. The van der Waals surface area contributed by atoms with Crippen molar-refractivity contribution in [2.24, 2.45) is 0 Å². The van der Waals surface area contributed by atoms with E-state index in [4.69, 9.17) is 4.74 Å². The number of fused-ring (bicyclic) bond motifs is 1. The van der Waals surface area contributed by atoms with E-state index in [0.29, 0.717) is 12.5 Å². The van der Waals surface area contributed by atoms with E-state index in [-0.39, 0.29) is 5.91 Å². The Kier molecular flexibility index (Phi) is 3.19. The van der Waals surface area contributed by atoms with Crippen molar-refractivity contribution in [3.05, 3.63) is 23.8 Å². The third-order valence-corrected chi connectivity index (χ3v) is 3.34. The van der Waals surface area contributed by atoms with Gasteiger partial charge in [-0.25, -0.2) is 0 Å². The number of ether oxygens (including phenoxy) is 1. The number of hydrogen-bond donors (Lipinski definition) is 2. The van der Waals surface area contributed by atoms with E-state index in [2.05, 4.69) is 10.6 Å².